The van der Waals surface area contributed by atoms with Crippen molar-refractivity contribution in [1.29, 1.82) is 0 Å². The van der Waals surface area contributed by atoms with Crippen LogP contribution < -0.4 is 15.0 Å². The topological polar surface area (TPSA) is 107 Å². The molecule has 218 valence electrons. The van der Waals surface area contributed by atoms with E-state index < -0.39 is 5.69 Å². The first kappa shape index (κ1) is 31.1. The van der Waals surface area contributed by atoms with Gasteiger partial charge in [0.25, 0.3) is 0 Å². The van der Waals surface area contributed by atoms with Crippen molar-refractivity contribution in [3.05, 3.63) is 94.5 Å². The molecular formula is C30H30N4O5S3. The van der Waals surface area contributed by atoms with Crippen LogP contribution in [0.1, 0.15) is 6.42 Å². The van der Waals surface area contributed by atoms with Crippen LogP contribution in [0, 0.1) is 5.92 Å². The third-order valence-electron chi connectivity index (χ3n) is 7.15. The lowest BCUT2D eigenvalue weighted by Crippen LogP contribution is -2.28. The predicted molar refractivity (Wildman–Crippen MR) is 175 cm³/mol. The second-order valence-corrected chi connectivity index (χ2v) is 10.6. The molecule has 4 heterocycles. The van der Waals surface area contributed by atoms with Crippen molar-refractivity contribution in [3.63, 3.8) is 0 Å². The molecule has 0 aliphatic carbocycles. The molecule has 0 radical (unpaired) electrons. The third-order valence-corrected chi connectivity index (χ3v) is 8.28. The molecule has 2 aromatic carbocycles. The first-order valence-electron chi connectivity index (χ1n) is 12.8. The number of ether oxygens (including phenoxy) is 2. The summed E-state index contributed by atoms with van der Waals surface area (Å²) in [5.74, 6) is 1.16. The van der Waals surface area contributed by atoms with E-state index in [0.717, 1.165) is 5.75 Å². The Morgan fingerprint density at radius 1 is 1.10 bits per heavy atom. The fourth-order valence-corrected chi connectivity index (χ4v) is 6.28. The van der Waals surface area contributed by atoms with Gasteiger partial charge in [-0.15, -0.1) is 11.3 Å². The molecule has 0 spiro atoms. The van der Waals surface area contributed by atoms with E-state index in [1.54, 1.807) is 48.5 Å². The molecule has 1 N–H and O–H groups in total. The highest BCUT2D eigenvalue weighted by Gasteiger charge is 2.35. The summed E-state index contributed by atoms with van der Waals surface area (Å²) >= 11 is 1.29. The molecule has 9 nitrogen and oxygen atoms in total. The molecular weight excluding hydrogens is 593 g/mol. The molecule has 5 aromatic rings. The molecule has 0 saturated carbocycles. The number of pyridine rings is 1. The number of amides is 1. The molecule has 42 heavy (non-hydrogen) atoms. The van der Waals surface area contributed by atoms with Gasteiger partial charge in [-0.25, -0.2) is 9.78 Å². The number of thiophene rings is 1. The number of hydrogen-bond donors (Lipinski definition) is 1. The maximum Gasteiger partial charge on any atom is 0.353 e. The second-order valence-electron chi connectivity index (χ2n) is 9.56. The SMILES string of the molecule is C=CC(=O)N1C[C@H](CC(O)=c2sc3nccc4c3c2nc(=O)n4-c2ccc(Oc3ccccc3)cc2)[C@@H](OC)C1.S.S. The molecule has 0 unspecified atom stereocenters. The van der Waals surface area contributed by atoms with Gasteiger partial charge >= 0.3 is 5.69 Å². The Kier molecular flexibility index (Phi) is 9.62. The molecule has 6 rings (SSSR count). The van der Waals surface area contributed by atoms with Crippen LogP contribution in [0.2, 0.25) is 0 Å². The number of para-hydroxylation sites is 1. The van der Waals surface area contributed by atoms with Gasteiger partial charge in [0.15, 0.2) is 0 Å². The number of rotatable bonds is 7. The summed E-state index contributed by atoms with van der Waals surface area (Å²) in [6, 6.07) is 18.5. The van der Waals surface area contributed by atoms with Crippen LogP contribution in [-0.2, 0) is 9.53 Å². The van der Waals surface area contributed by atoms with E-state index in [1.807, 2.05) is 30.3 Å². The number of hydrogen-bond acceptors (Lipinski definition) is 8. The number of benzene rings is 2. The maximum atomic E-state index is 13.4. The van der Waals surface area contributed by atoms with E-state index in [2.05, 4.69) is 16.5 Å². The van der Waals surface area contributed by atoms with E-state index in [0.29, 0.717) is 50.3 Å². The smallest absolute Gasteiger partial charge is 0.353 e. The average Bonchev–Trinajstić information content (AvgIpc) is 3.56. The van der Waals surface area contributed by atoms with Gasteiger partial charge < -0.3 is 19.5 Å². The molecule has 1 aliphatic rings. The Labute approximate surface area is 259 Å². The van der Waals surface area contributed by atoms with E-state index in [-0.39, 0.29) is 57.1 Å². The monoisotopic (exact) mass is 622 g/mol. The van der Waals surface area contributed by atoms with Crippen LogP contribution in [0.4, 0.5) is 0 Å². The number of methoxy groups -OCH3 is 1. The van der Waals surface area contributed by atoms with E-state index >= 15 is 0 Å². The van der Waals surface area contributed by atoms with E-state index in [4.69, 9.17) is 9.47 Å². The fraction of sp³-hybridized carbons (Fsp3) is 0.200. The lowest BCUT2D eigenvalue weighted by molar-refractivity contribution is -0.125. The average molecular weight is 623 g/mol. The van der Waals surface area contributed by atoms with Crippen LogP contribution in [0.5, 0.6) is 11.5 Å². The van der Waals surface area contributed by atoms with E-state index in [1.165, 1.54) is 22.0 Å². The van der Waals surface area contributed by atoms with Crippen LogP contribution in [0.3, 0.4) is 0 Å². The normalized spacial score (nSPS) is 17.0. The quantitative estimate of drug-likeness (QED) is 0.268. The number of aliphatic hydroxyl groups is 1. The number of aromatic nitrogens is 3. The van der Waals surface area contributed by atoms with Crippen molar-refractivity contribution in [3.8, 4) is 17.2 Å². The Morgan fingerprint density at radius 2 is 1.81 bits per heavy atom. The zero-order valence-electron chi connectivity index (χ0n) is 22.7. The summed E-state index contributed by atoms with van der Waals surface area (Å²) in [6.45, 7) is 4.42. The summed E-state index contributed by atoms with van der Waals surface area (Å²) in [7, 11) is 1.60. The highest BCUT2D eigenvalue weighted by atomic mass is 32.1. The van der Waals surface area contributed by atoms with Crippen LogP contribution in [0.25, 0.3) is 32.7 Å². The molecule has 1 saturated heterocycles. The third kappa shape index (κ3) is 5.75. The van der Waals surface area contributed by atoms with Gasteiger partial charge in [-0.05, 0) is 48.5 Å². The summed E-state index contributed by atoms with van der Waals surface area (Å²) < 4.78 is 13.5. The molecule has 1 aliphatic heterocycles. The Bertz CT molecular complexity index is 1840. The highest BCUT2D eigenvalue weighted by Crippen LogP contribution is 2.30. The van der Waals surface area contributed by atoms with Gasteiger partial charge in [-0.2, -0.15) is 32.0 Å². The molecule has 1 fully saturated rings. The Hall–Kier alpha value is -3.84. The summed E-state index contributed by atoms with van der Waals surface area (Å²) in [6.07, 6.45) is 2.97. The highest BCUT2D eigenvalue weighted by molar-refractivity contribution is 7.59. The zero-order chi connectivity index (χ0) is 27.8. The summed E-state index contributed by atoms with van der Waals surface area (Å²) in [4.78, 5) is 36.7. The molecule has 1 amide bonds. The molecule has 12 heteroatoms. The number of likely N-dealkylation sites (tertiary alicyclic amines) is 1. The number of nitrogens with zero attached hydrogens (tertiary/aromatic N) is 4. The lowest BCUT2D eigenvalue weighted by Gasteiger charge is -2.15. The van der Waals surface area contributed by atoms with Crippen molar-refractivity contribution in [2.75, 3.05) is 20.2 Å². The molecule has 3 aromatic heterocycles. The van der Waals surface area contributed by atoms with Gasteiger partial charge in [0.2, 0.25) is 5.91 Å². The molecule has 2 atom stereocenters. The second kappa shape index (κ2) is 13.0. The van der Waals surface area contributed by atoms with Crippen LogP contribution >= 0.6 is 38.3 Å². The van der Waals surface area contributed by atoms with Crippen molar-refractivity contribution < 1.29 is 19.4 Å². The maximum absolute atomic E-state index is 13.4. The van der Waals surface area contributed by atoms with Gasteiger partial charge in [0.05, 0.1) is 27.2 Å². The van der Waals surface area contributed by atoms with E-state index in [9.17, 15) is 14.7 Å². The predicted octanol–water partition coefficient (Wildman–Crippen LogP) is 4.45. The standard InChI is InChI=1S/C30H26N4O5S.2H2S/c1-3-25(36)33-16-18(24(17-33)38-2)15-23(35)28-27-26-22(13-14-31-29(26)40-28)34(30(37)32-27)19-9-11-21(12-10-19)39-20-7-5-4-6-8-20;;/h3-14,18,24,35H,1,15-17H2,2H3;2*1H2/t18-,24-;;/m0../s1. The lowest BCUT2D eigenvalue weighted by atomic mass is 10.0. The van der Waals surface area contributed by atoms with Crippen molar-refractivity contribution in [2.45, 2.75) is 12.5 Å². The van der Waals surface area contributed by atoms with Gasteiger partial charge in [-0.1, -0.05) is 24.8 Å². The number of carbonyl (C=O) groups is 1. The van der Waals surface area contributed by atoms with Crippen molar-refractivity contribution >= 4 is 71.2 Å². The van der Waals surface area contributed by atoms with Crippen LogP contribution in [-0.4, -0.2) is 56.8 Å². The van der Waals surface area contributed by atoms with Crippen LogP contribution in [0.15, 0.2) is 84.3 Å². The fourth-order valence-electron chi connectivity index (χ4n) is 5.22. The van der Waals surface area contributed by atoms with Gasteiger partial charge in [0.1, 0.15) is 27.6 Å². The Balaban J connectivity index is 0.00000202. The minimum atomic E-state index is -0.470. The van der Waals surface area contributed by atoms with Gasteiger partial charge in [0, 0.05) is 38.7 Å². The minimum Gasteiger partial charge on any atom is -0.511 e. The number of aliphatic hydroxyl groups excluding tert-OH is 1. The summed E-state index contributed by atoms with van der Waals surface area (Å²) in [5, 5.41) is 12.0. The zero-order valence-corrected chi connectivity index (χ0v) is 25.5. The molecule has 0 bridgehead atoms. The Morgan fingerprint density at radius 3 is 2.50 bits per heavy atom. The van der Waals surface area contributed by atoms with Crippen molar-refractivity contribution in [1.82, 2.24) is 19.4 Å². The largest absolute Gasteiger partial charge is 0.511 e. The minimum absolute atomic E-state index is 0. The number of carbonyl (C=O) groups excluding carboxylic acids is 1. The first-order chi connectivity index (χ1) is 19.5. The first-order valence-corrected chi connectivity index (χ1v) is 13.6. The van der Waals surface area contributed by atoms with Gasteiger partial charge in [-0.3, -0.25) is 9.36 Å². The van der Waals surface area contributed by atoms with Crippen molar-refractivity contribution in [2.24, 2.45) is 5.92 Å². The summed E-state index contributed by atoms with van der Waals surface area (Å²) in [5.41, 5.74) is 1.22.